The van der Waals surface area contributed by atoms with E-state index in [0.29, 0.717) is 24.5 Å². The number of benzene rings is 1. The number of nitrogens with zero attached hydrogens (tertiary/aromatic N) is 1. The monoisotopic (exact) mass is 443 g/mol. The smallest absolute Gasteiger partial charge is 0.331 e. The molecule has 1 aromatic carbocycles. The SMILES string of the molecule is CC(=O)ON=C1C(C2CCCC2)=CC=CC1(CCC=O)Sc1ccc(OCCO)cc1. The molecule has 3 rings (SSSR count). The molecule has 0 bridgehead atoms. The van der Waals surface area contributed by atoms with Gasteiger partial charge >= 0.3 is 5.97 Å². The maximum absolute atomic E-state index is 11.6. The van der Waals surface area contributed by atoms with E-state index < -0.39 is 10.7 Å². The number of allylic oxidation sites excluding steroid dienone is 3. The Morgan fingerprint density at radius 2 is 2.03 bits per heavy atom. The number of aliphatic hydroxyl groups is 1. The topological polar surface area (TPSA) is 85.2 Å². The van der Waals surface area contributed by atoms with E-state index in [1.54, 1.807) is 11.8 Å². The quantitative estimate of drug-likeness (QED) is 0.326. The molecule has 0 amide bonds. The summed E-state index contributed by atoms with van der Waals surface area (Å²) in [5.41, 5.74) is 1.83. The molecule has 2 aliphatic rings. The Morgan fingerprint density at radius 3 is 2.68 bits per heavy atom. The van der Waals surface area contributed by atoms with Gasteiger partial charge in [-0.25, -0.2) is 4.79 Å². The summed E-state index contributed by atoms with van der Waals surface area (Å²) in [6.45, 7) is 1.54. The molecule has 2 aliphatic carbocycles. The first-order valence-electron chi connectivity index (χ1n) is 10.7. The molecule has 1 N–H and O–H groups in total. The number of thioether (sulfide) groups is 1. The van der Waals surface area contributed by atoms with Gasteiger partial charge in [-0.2, -0.15) is 0 Å². The molecule has 7 heteroatoms. The Morgan fingerprint density at radius 1 is 1.29 bits per heavy atom. The predicted octanol–water partition coefficient (Wildman–Crippen LogP) is 4.47. The van der Waals surface area contributed by atoms with Crippen LogP contribution in [-0.4, -0.2) is 41.0 Å². The third kappa shape index (κ3) is 6.08. The van der Waals surface area contributed by atoms with Crippen LogP contribution in [-0.2, 0) is 14.4 Å². The summed E-state index contributed by atoms with van der Waals surface area (Å²) in [6, 6.07) is 7.61. The summed E-state index contributed by atoms with van der Waals surface area (Å²) in [7, 11) is 0. The van der Waals surface area contributed by atoms with E-state index in [-0.39, 0.29) is 13.2 Å². The molecular weight excluding hydrogens is 414 g/mol. The van der Waals surface area contributed by atoms with E-state index in [1.807, 2.05) is 30.3 Å². The first kappa shape index (κ1) is 23.3. The number of oxime groups is 1. The van der Waals surface area contributed by atoms with Crippen molar-refractivity contribution in [3.05, 3.63) is 48.1 Å². The van der Waals surface area contributed by atoms with Crippen molar-refractivity contribution < 1.29 is 24.3 Å². The molecule has 166 valence electrons. The van der Waals surface area contributed by atoms with Gasteiger partial charge < -0.3 is 19.5 Å². The molecule has 0 heterocycles. The van der Waals surface area contributed by atoms with Crippen molar-refractivity contribution >= 4 is 29.7 Å². The largest absolute Gasteiger partial charge is 0.491 e. The van der Waals surface area contributed by atoms with Gasteiger partial charge in [0.05, 0.1) is 11.4 Å². The molecule has 1 fully saturated rings. The second kappa shape index (κ2) is 11.3. The van der Waals surface area contributed by atoms with Gasteiger partial charge in [0.2, 0.25) is 0 Å². The molecule has 1 unspecified atom stereocenters. The number of rotatable bonds is 10. The van der Waals surface area contributed by atoms with Crippen molar-refractivity contribution in [2.24, 2.45) is 11.1 Å². The number of carbonyl (C=O) groups excluding carboxylic acids is 2. The average Bonchev–Trinajstić information content (AvgIpc) is 3.31. The summed E-state index contributed by atoms with van der Waals surface area (Å²) < 4.78 is 4.84. The molecule has 1 saturated carbocycles. The van der Waals surface area contributed by atoms with E-state index in [9.17, 15) is 9.59 Å². The van der Waals surface area contributed by atoms with Crippen molar-refractivity contribution in [2.45, 2.75) is 55.1 Å². The molecule has 0 saturated heterocycles. The molecular formula is C24H29NO5S. The van der Waals surface area contributed by atoms with Crippen LogP contribution in [0.15, 0.2) is 58.1 Å². The summed E-state index contributed by atoms with van der Waals surface area (Å²) in [5.74, 6) is 0.595. The predicted molar refractivity (Wildman–Crippen MR) is 121 cm³/mol. The van der Waals surface area contributed by atoms with Gasteiger partial charge in [0.1, 0.15) is 24.4 Å². The van der Waals surface area contributed by atoms with Crippen molar-refractivity contribution in [3.8, 4) is 5.75 Å². The standard InChI is InChI=1S/C24H29NO5S/c1-18(28)30-25-23-22(19-6-2-3-7-19)8-4-13-24(23,14-5-15-26)31-21-11-9-20(10-12-21)29-17-16-27/h4,8-13,15,19,27H,2-3,5-7,14,16-17H2,1H3. The molecule has 0 spiro atoms. The lowest BCUT2D eigenvalue weighted by Crippen LogP contribution is -2.38. The molecule has 1 atom stereocenters. The van der Waals surface area contributed by atoms with Crippen molar-refractivity contribution in [2.75, 3.05) is 13.2 Å². The van der Waals surface area contributed by atoms with Crippen LogP contribution in [0.3, 0.4) is 0 Å². The lowest BCUT2D eigenvalue weighted by Gasteiger charge is -2.35. The van der Waals surface area contributed by atoms with Crippen LogP contribution < -0.4 is 4.74 Å². The number of aldehydes is 1. The first-order chi connectivity index (χ1) is 15.1. The van der Waals surface area contributed by atoms with Gasteiger partial charge in [-0.1, -0.05) is 36.2 Å². The fourth-order valence-corrected chi connectivity index (χ4v) is 5.41. The second-order valence-corrected chi connectivity index (χ2v) is 9.13. The number of ether oxygens (including phenoxy) is 1. The van der Waals surface area contributed by atoms with E-state index in [4.69, 9.17) is 14.7 Å². The number of hydrogen-bond donors (Lipinski definition) is 1. The van der Waals surface area contributed by atoms with Crippen LogP contribution in [0, 0.1) is 5.92 Å². The van der Waals surface area contributed by atoms with Gasteiger partial charge in [0.15, 0.2) is 0 Å². The Bertz CT molecular complexity index is 855. The molecule has 1 aromatic rings. The van der Waals surface area contributed by atoms with Gasteiger partial charge in [-0.3, -0.25) is 0 Å². The fourth-order valence-electron chi connectivity index (χ4n) is 4.10. The van der Waals surface area contributed by atoms with Crippen molar-refractivity contribution in [1.82, 2.24) is 0 Å². The van der Waals surface area contributed by atoms with Crippen molar-refractivity contribution in [3.63, 3.8) is 0 Å². The normalized spacial score (nSPS) is 22.4. The van der Waals surface area contributed by atoms with E-state index >= 15 is 0 Å². The van der Waals surface area contributed by atoms with Crippen LogP contribution in [0.5, 0.6) is 5.75 Å². The molecule has 6 nitrogen and oxygen atoms in total. The molecule has 0 aliphatic heterocycles. The Balaban J connectivity index is 1.94. The highest BCUT2D eigenvalue weighted by atomic mass is 32.2. The number of aliphatic hydroxyl groups excluding tert-OH is 1. The minimum Gasteiger partial charge on any atom is -0.491 e. The van der Waals surface area contributed by atoms with E-state index in [2.05, 4.69) is 17.3 Å². The Labute approximate surface area is 187 Å². The summed E-state index contributed by atoms with van der Waals surface area (Å²) >= 11 is 1.59. The molecule has 31 heavy (non-hydrogen) atoms. The van der Waals surface area contributed by atoms with Crippen LogP contribution in [0.1, 0.15) is 45.4 Å². The lowest BCUT2D eigenvalue weighted by atomic mass is 9.81. The van der Waals surface area contributed by atoms with Crippen LogP contribution in [0.2, 0.25) is 0 Å². The molecule has 0 radical (unpaired) electrons. The van der Waals surface area contributed by atoms with E-state index in [1.165, 1.54) is 19.8 Å². The lowest BCUT2D eigenvalue weighted by molar-refractivity contribution is -0.141. The first-order valence-corrected chi connectivity index (χ1v) is 11.5. The third-order valence-corrected chi connectivity index (χ3v) is 6.90. The number of hydrogen-bond acceptors (Lipinski definition) is 7. The summed E-state index contributed by atoms with van der Waals surface area (Å²) in [6.07, 6.45) is 12.5. The van der Waals surface area contributed by atoms with Crippen LogP contribution >= 0.6 is 11.8 Å². The van der Waals surface area contributed by atoms with Crippen LogP contribution in [0.25, 0.3) is 0 Å². The highest BCUT2D eigenvalue weighted by Crippen LogP contribution is 2.46. The number of carbonyl (C=O) groups is 2. The zero-order chi connectivity index (χ0) is 22.1. The zero-order valence-corrected chi connectivity index (χ0v) is 18.6. The minimum atomic E-state index is -0.615. The Hall–Kier alpha value is -2.38. The highest BCUT2D eigenvalue weighted by Gasteiger charge is 2.41. The van der Waals surface area contributed by atoms with Gasteiger partial charge in [-0.05, 0) is 55.0 Å². The van der Waals surface area contributed by atoms with Crippen LogP contribution in [0.4, 0.5) is 0 Å². The van der Waals surface area contributed by atoms with Gasteiger partial charge in [-0.15, -0.1) is 11.8 Å². The summed E-state index contributed by atoms with van der Waals surface area (Å²) in [4.78, 5) is 29.0. The highest BCUT2D eigenvalue weighted by molar-refractivity contribution is 8.01. The van der Waals surface area contributed by atoms with Gasteiger partial charge in [0, 0.05) is 18.2 Å². The van der Waals surface area contributed by atoms with Gasteiger partial charge in [0.25, 0.3) is 0 Å². The van der Waals surface area contributed by atoms with E-state index in [0.717, 1.165) is 35.3 Å². The maximum atomic E-state index is 11.6. The maximum Gasteiger partial charge on any atom is 0.331 e. The zero-order valence-electron chi connectivity index (χ0n) is 17.8. The molecule has 0 aromatic heterocycles. The summed E-state index contributed by atoms with van der Waals surface area (Å²) in [5, 5.41) is 13.3. The Kier molecular flexibility index (Phi) is 8.49. The second-order valence-electron chi connectivity index (χ2n) is 7.73. The average molecular weight is 444 g/mol. The fraction of sp³-hybridized carbons (Fsp3) is 0.458. The minimum absolute atomic E-state index is 0.0393. The third-order valence-electron chi connectivity index (χ3n) is 5.49. The van der Waals surface area contributed by atoms with Crippen molar-refractivity contribution in [1.29, 1.82) is 0 Å².